The molecule has 0 spiro atoms. The van der Waals surface area contributed by atoms with Crippen LogP contribution in [0.15, 0.2) is 48.5 Å². The maximum atomic E-state index is 13.7. The third-order valence-corrected chi connectivity index (χ3v) is 3.31. The number of para-hydroxylation sites is 1. The first-order valence-corrected chi connectivity index (χ1v) is 8.90. The van der Waals surface area contributed by atoms with E-state index in [1.807, 2.05) is 6.07 Å². The number of nitrogens with one attached hydrogen (secondary N) is 1. The van der Waals surface area contributed by atoms with Gasteiger partial charge in [-0.15, -0.1) is 12.1 Å². The molecule has 0 aromatic heterocycles. The molecule has 30 heavy (non-hydrogen) atoms. The zero-order valence-electron chi connectivity index (χ0n) is 15.3. The van der Waals surface area contributed by atoms with Crippen LogP contribution in [0.25, 0.3) is 5.73 Å². The van der Waals surface area contributed by atoms with Crippen LogP contribution in [-0.4, -0.2) is 7.11 Å². The molecule has 1 N–H and O–H groups in total. The van der Waals surface area contributed by atoms with Crippen LogP contribution in [0.3, 0.4) is 0 Å². The fourth-order valence-corrected chi connectivity index (χ4v) is 2.00. The van der Waals surface area contributed by atoms with E-state index < -0.39 is 34.6 Å². The molecule has 0 aliphatic rings. The van der Waals surface area contributed by atoms with E-state index in [4.69, 9.17) is 20.4 Å². The molecule has 9 heteroatoms. The van der Waals surface area contributed by atoms with Crippen molar-refractivity contribution >= 4 is 5.69 Å². The molecular formula is C21H13F4NO3Os-2. The topological polar surface area (TPSA) is 59.3 Å². The van der Waals surface area contributed by atoms with Gasteiger partial charge < -0.3 is 15.2 Å². The molecule has 3 aromatic rings. The van der Waals surface area contributed by atoms with Crippen LogP contribution in [-0.2, 0) is 22.1 Å². The number of terminal acetylenes is 1. The van der Waals surface area contributed by atoms with E-state index in [9.17, 15) is 17.6 Å². The first-order valence-electron chi connectivity index (χ1n) is 7.86. The fourth-order valence-electron chi connectivity index (χ4n) is 2.00. The molecule has 0 bridgehead atoms. The quantitative estimate of drug-likeness (QED) is 0.160. The molecule has 0 saturated heterocycles. The van der Waals surface area contributed by atoms with E-state index >= 15 is 0 Å². The van der Waals surface area contributed by atoms with Gasteiger partial charge in [0.2, 0.25) is 0 Å². The van der Waals surface area contributed by atoms with Gasteiger partial charge in [0.25, 0.3) is 0 Å². The van der Waals surface area contributed by atoms with E-state index in [1.165, 1.54) is 31.4 Å². The summed E-state index contributed by atoms with van der Waals surface area (Å²) in [5.74, 6) is -2.86. The van der Waals surface area contributed by atoms with E-state index in [-0.39, 0.29) is 17.2 Å². The predicted octanol–water partition coefficient (Wildman–Crippen LogP) is 6.07. The van der Waals surface area contributed by atoms with Crippen molar-refractivity contribution in [2.75, 3.05) is 7.11 Å². The number of methoxy groups -OCH3 is 1. The van der Waals surface area contributed by atoms with Crippen molar-refractivity contribution < 1.29 is 49.1 Å². The van der Waals surface area contributed by atoms with Crippen LogP contribution >= 0.6 is 0 Å². The summed E-state index contributed by atoms with van der Waals surface area (Å²) < 4.78 is 70.5. The van der Waals surface area contributed by atoms with Crippen molar-refractivity contribution in [2.45, 2.75) is 0 Å². The summed E-state index contributed by atoms with van der Waals surface area (Å²) in [5, 5.41) is 0. The summed E-state index contributed by atoms with van der Waals surface area (Å²) in [4.78, 5) is 0. The van der Waals surface area contributed by atoms with Crippen LogP contribution < -0.4 is 9.47 Å². The molecule has 0 amide bonds. The Bertz CT molecular complexity index is 1030. The Morgan fingerprint density at radius 1 is 1.03 bits per heavy atom. The second kappa shape index (κ2) is 12.4. The molecule has 3 aromatic carbocycles. The summed E-state index contributed by atoms with van der Waals surface area (Å²) >= 11 is 0.611. The zero-order valence-corrected chi connectivity index (χ0v) is 17.8. The molecule has 0 saturated carbocycles. The van der Waals surface area contributed by atoms with Gasteiger partial charge in [-0.05, 0) is 29.8 Å². The van der Waals surface area contributed by atoms with Crippen LogP contribution in [0, 0.1) is 41.7 Å². The summed E-state index contributed by atoms with van der Waals surface area (Å²) in [6.07, 6.45) is 4.92. The minimum atomic E-state index is -1.45. The van der Waals surface area contributed by atoms with Gasteiger partial charge in [-0.2, -0.15) is 0 Å². The third kappa shape index (κ3) is 6.68. The van der Waals surface area contributed by atoms with Crippen molar-refractivity contribution in [2.24, 2.45) is 0 Å². The Morgan fingerprint density at radius 2 is 1.67 bits per heavy atom. The van der Waals surface area contributed by atoms with Crippen LogP contribution in [0.5, 0.6) is 17.2 Å². The first-order chi connectivity index (χ1) is 14.4. The van der Waals surface area contributed by atoms with E-state index in [0.717, 1.165) is 6.07 Å². The van der Waals surface area contributed by atoms with Crippen molar-refractivity contribution in [1.29, 1.82) is 0 Å². The molecule has 158 valence electrons. The van der Waals surface area contributed by atoms with Crippen molar-refractivity contribution in [3.8, 4) is 29.6 Å². The van der Waals surface area contributed by atoms with E-state index in [1.54, 1.807) is 24.1 Å². The van der Waals surface area contributed by atoms with Crippen molar-refractivity contribution in [3.63, 3.8) is 0 Å². The number of rotatable bonds is 3. The van der Waals surface area contributed by atoms with Gasteiger partial charge in [0.1, 0.15) is 5.75 Å². The Kier molecular flexibility index (Phi) is 10.2. The van der Waals surface area contributed by atoms with Gasteiger partial charge in [0.15, 0.2) is 11.6 Å². The van der Waals surface area contributed by atoms with Gasteiger partial charge in [-0.25, -0.2) is 8.78 Å². The predicted molar refractivity (Wildman–Crippen MR) is 97.2 cm³/mol. The van der Waals surface area contributed by atoms with Gasteiger partial charge in [-0.1, -0.05) is 36.3 Å². The van der Waals surface area contributed by atoms with Crippen molar-refractivity contribution in [3.05, 3.63) is 89.2 Å². The minimum absolute atomic E-state index is 0.151. The van der Waals surface area contributed by atoms with Gasteiger partial charge in [0, 0.05) is 0 Å². The molecular weight excluding hydrogens is 580 g/mol. The van der Waals surface area contributed by atoms with Crippen LogP contribution in [0.1, 0.15) is 5.56 Å². The fraction of sp³-hybridized carbons (Fsp3) is 0.0476. The SMILES string of the molecule is C#Cc1c(F)c(F)[c-]c(Oc2ccccc2)c1F.COc1ccc([NH-])cc1F.[O]=[Os]. The summed E-state index contributed by atoms with van der Waals surface area (Å²) in [6, 6.07) is 13.9. The summed E-state index contributed by atoms with van der Waals surface area (Å²) in [5.41, 5.74) is 6.36. The number of hydrogen-bond acceptors (Lipinski definition) is 3. The molecule has 0 heterocycles. The Labute approximate surface area is 180 Å². The molecule has 0 aliphatic heterocycles. The van der Waals surface area contributed by atoms with Gasteiger partial charge in [0.05, 0.1) is 30.3 Å². The van der Waals surface area contributed by atoms with Gasteiger partial charge in [-0.3, -0.25) is 8.78 Å². The standard InChI is InChI=1S/C14H6F3O.C7H7FNO.O.Os/c1-2-10-13(16)11(15)8-12(14(10)17)18-9-6-4-3-5-7-9;1-10-7-3-2-5(9)4-6(7)8;;/h1,3-7H;2-4,9H,1H3;;/q2*-1;;. The van der Waals surface area contributed by atoms with E-state index in [0.29, 0.717) is 18.6 Å². The molecule has 4 nitrogen and oxygen atoms in total. The van der Waals surface area contributed by atoms with Crippen LogP contribution in [0.4, 0.5) is 23.2 Å². The normalized spacial score (nSPS) is 9.23. The third-order valence-electron chi connectivity index (χ3n) is 3.31. The van der Waals surface area contributed by atoms with Crippen molar-refractivity contribution in [1.82, 2.24) is 0 Å². The molecule has 3 rings (SSSR count). The molecule has 0 radical (unpaired) electrons. The maximum absolute atomic E-state index is 13.7. The second-order valence-corrected chi connectivity index (χ2v) is 5.18. The number of ether oxygens (including phenoxy) is 2. The molecule has 0 atom stereocenters. The first kappa shape index (κ1) is 24.8. The van der Waals surface area contributed by atoms with E-state index in [2.05, 4.69) is 4.74 Å². The van der Waals surface area contributed by atoms with Gasteiger partial charge >= 0.3 is 22.1 Å². The summed E-state index contributed by atoms with van der Waals surface area (Å²) in [7, 11) is 1.39. The Hall–Kier alpha value is -3.22. The Morgan fingerprint density at radius 3 is 2.20 bits per heavy atom. The van der Waals surface area contributed by atoms with Crippen LogP contribution in [0.2, 0.25) is 0 Å². The molecule has 0 fully saturated rings. The number of hydrogen-bond donors (Lipinski definition) is 0. The monoisotopic (exact) mass is 595 g/mol. The number of benzene rings is 3. The molecule has 0 aliphatic carbocycles. The Balaban J connectivity index is 0.000000318. The summed E-state index contributed by atoms with van der Waals surface area (Å²) in [6.45, 7) is 0. The molecule has 0 unspecified atom stereocenters. The second-order valence-electron chi connectivity index (χ2n) is 5.18. The average Bonchev–Trinajstić information content (AvgIpc) is 2.75. The zero-order chi connectivity index (χ0) is 22.7. The average molecular weight is 594 g/mol. The number of halogens is 4.